The summed E-state index contributed by atoms with van der Waals surface area (Å²) in [5.74, 6) is -1.03. The lowest BCUT2D eigenvalue weighted by atomic mass is 9.98. The maximum absolute atomic E-state index is 12.6. The summed E-state index contributed by atoms with van der Waals surface area (Å²) in [6.07, 6.45) is 3.06. The van der Waals surface area contributed by atoms with E-state index in [1.165, 1.54) is 14.0 Å². The number of nitrogens with zero attached hydrogens (tertiary/aromatic N) is 1. The van der Waals surface area contributed by atoms with Gasteiger partial charge in [0.25, 0.3) is 5.91 Å². The number of ether oxygens (including phenoxy) is 1. The molecule has 1 atom stereocenters. The van der Waals surface area contributed by atoms with Crippen LogP contribution in [0.2, 0.25) is 0 Å². The molecule has 35 heavy (non-hydrogen) atoms. The molecule has 3 aromatic rings. The van der Waals surface area contributed by atoms with Crippen molar-refractivity contribution >= 4 is 40.5 Å². The van der Waals surface area contributed by atoms with E-state index in [0.717, 1.165) is 22.0 Å². The van der Waals surface area contributed by atoms with E-state index in [1.54, 1.807) is 18.2 Å². The number of aryl methyl sites for hydroxylation is 1. The van der Waals surface area contributed by atoms with Gasteiger partial charge in [-0.3, -0.25) is 9.59 Å². The predicted octanol–water partition coefficient (Wildman–Crippen LogP) is 2.60. The molecule has 1 aliphatic heterocycles. The van der Waals surface area contributed by atoms with E-state index < -0.39 is 12.0 Å². The van der Waals surface area contributed by atoms with E-state index in [0.29, 0.717) is 29.8 Å². The molecule has 0 bridgehead atoms. The maximum atomic E-state index is 12.6. The number of carbonyl (C=O) groups is 3. The Morgan fingerprint density at radius 1 is 1.14 bits per heavy atom. The van der Waals surface area contributed by atoms with E-state index in [2.05, 4.69) is 20.8 Å². The summed E-state index contributed by atoms with van der Waals surface area (Å²) in [6, 6.07) is 13.6. The van der Waals surface area contributed by atoms with E-state index in [4.69, 9.17) is 4.74 Å². The molecule has 9 heteroatoms. The SMILES string of the molecule is COC(=O)C(Cc1c(C=C2C(=O)NN=C2CCc2ccc(O)cc2)[nH]c2ccccc12)NC(C)=O. The Hall–Kier alpha value is -4.40. The number of amides is 2. The number of aromatic nitrogens is 1. The minimum Gasteiger partial charge on any atom is -0.508 e. The van der Waals surface area contributed by atoms with Crippen LogP contribution in [0, 0.1) is 0 Å². The largest absolute Gasteiger partial charge is 0.508 e. The molecule has 0 spiro atoms. The third-order valence-electron chi connectivity index (χ3n) is 5.84. The van der Waals surface area contributed by atoms with Crippen molar-refractivity contribution in [2.45, 2.75) is 32.2 Å². The highest BCUT2D eigenvalue weighted by Crippen LogP contribution is 2.27. The first-order valence-electron chi connectivity index (χ1n) is 11.2. The Morgan fingerprint density at radius 2 is 1.89 bits per heavy atom. The molecule has 0 saturated carbocycles. The standard InChI is InChI=1S/C26H26N4O5/c1-15(31)27-24(26(34)35-2)13-19-18-5-3-4-6-21(18)28-23(19)14-20-22(29-30-25(20)33)12-9-16-7-10-17(32)11-8-16/h3-8,10-11,14,24,28,32H,9,12-13H2,1-2H3,(H,27,31)(H,30,33). The molecular weight excluding hydrogens is 448 g/mol. The molecule has 4 N–H and O–H groups in total. The van der Waals surface area contributed by atoms with E-state index >= 15 is 0 Å². The first kappa shape index (κ1) is 23.7. The first-order chi connectivity index (χ1) is 16.9. The second-order valence-electron chi connectivity index (χ2n) is 8.27. The number of benzene rings is 2. The molecule has 9 nitrogen and oxygen atoms in total. The van der Waals surface area contributed by atoms with Crippen LogP contribution in [0.15, 0.2) is 59.2 Å². The highest BCUT2D eigenvalue weighted by molar-refractivity contribution is 6.27. The van der Waals surface area contributed by atoms with Crippen LogP contribution in [0.5, 0.6) is 5.75 Å². The fraction of sp³-hybridized carbons (Fsp3) is 0.231. The normalized spacial score (nSPS) is 15.1. The van der Waals surface area contributed by atoms with Crippen LogP contribution in [0.1, 0.15) is 30.2 Å². The number of hydrogen-bond donors (Lipinski definition) is 4. The number of hydrazone groups is 1. The summed E-state index contributed by atoms with van der Waals surface area (Å²) in [4.78, 5) is 40.0. The highest BCUT2D eigenvalue weighted by atomic mass is 16.5. The fourth-order valence-corrected chi connectivity index (χ4v) is 4.13. The number of H-pyrrole nitrogens is 1. The number of phenolic OH excluding ortho intramolecular Hbond substituents is 1. The number of fused-ring (bicyclic) bond motifs is 1. The molecule has 1 aromatic heterocycles. The van der Waals surface area contributed by atoms with Gasteiger partial charge < -0.3 is 20.1 Å². The van der Waals surface area contributed by atoms with Crippen molar-refractivity contribution in [3.63, 3.8) is 0 Å². The minimum atomic E-state index is -0.881. The van der Waals surface area contributed by atoms with Gasteiger partial charge in [-0.1, -0.05) is 30.3 Å². The molecule has 180 valence electrons. The van der Waals surface area contributed by atoms with Crippen LogP contribution < -0.4 is 10.7 Å². The Bertz CT molecular complexity index is 1340. The maximum Gasteiger partial charge on any atom is 0.328 e. The number of phenols is 1. The number of carbonyl (C=O) groups excluding carboxylic acids is 3. The van der Waals surface area contributed by atoms with Crippen LogP contribution in [0.25, 0.3) is 17.0 Å². The van der Waals surface area contributed by atoms with Crippen LogP contribution in [-0.4, -0.2) is 46.7 Å². The number of methoxy groups -OCH3 is 1. The molecule has 1 aliphatic rings. The van der Waals surface area contributed by atoms with Crippen molar-refractivity contribution in [1.82, 2.24) is 15.7 Å². The summed E-state index contributed by atoms with van der Waals surface area (Å²) in [7, 11) is 1.27. The third kappa shape index (κ3) is 5.40. The number of rotatable bonds is 8. The van der Waals surface area contributed by atoms with Gasteiger partial charge in [-0.25, -0.2) is 10.2 Å². The third-order valence-corrected chi connectivity index (χ3v) is 5.84. The molecule has 4 rings (SSSR count). The van der Waals surface area contributed by atoms with Crippen molar-refractivity contribution in [3.8, 4) is 5.75 Å². The number of para-hydroxylation sites is 1. The number of nitrogens with one attached hydrogen (secondary N) is 3. The van der Waals surface area contributed by atoms with Crippen LogP contribution in [-0.2, 0) is 32.0 Å². The van der Waals surface area contributed by atoms with Gasteiger partial charge in [0, 0.05) is 29.9 Å². The van der Waals surface area contributed by atoms with Crippen LogP contribution in [0.4, 0.5) is 0 Å². The van der Waals surface area contributed by atoms with Gasteiger partial charge in [0.15, 0.2) is 0 Å². The summed E-state index contributed by atoms with van der Waals surface area (Å²) < 4.78 is 4.88. The second-order valence-corrected chi connectivity index (χ2v) is 8.27. The lowest BCUT2D eigenvalue weighted by Crippen LogP contribution is -2.42. The fourth-order valence-electron chi connectivity index (χ4n) is 4.13. The molecule has 2 amide bonds. The summed E-state index contributed by atoms with van der Waals surface area (Å²) in [5.41, 5.74) is 6.82. The topological polar surface area (TPSA) is 133 Å². The molecule has 0 radical (unpaired) electrons. The molecule has 0 aliphatic carbocycles. The molecule has 1 unspecified atom stereocenters. The molecular formula is C26H26N4O5. The minimum absolute atomic E-state index is 0.178. The van der Waals surface area contributed by atoms with Gasteiger partial charge >= 0.3 is 5.97 Å². The number of aromatic amines is 1. The number of aromatic hydroxyl groups is 1. The van der Waals surface area contributed by atoms with Gasteiger partial charge in [0.05, 0.1) is 18.4 Å². The van der Waals surface area contributed by atoms with Crippen molar-refractivity contribution in [3.05, 3.63) is 70.9 Å². The average molecular weight is 475 g/mol. The van der Waals surface area contributed by atoms with E-state index in [9.17, 15) is 19.5 Å². The van der Waals surface area contributed by atoms with Gasteiger partial charge in [-0.05, 0) is 48.2 Å². The Morgan fingerprint density at radius 3 is 2.60 bits per heavy atom. The van der Waals surface area contributed by atoms with E-state index in [-0.39, 0.29) is 24.0 Å². The zero-order valence-electron chi connectivity index (χ0n) is 19.4. The second kappa shape index (κ2) is 10.3. The number of esters is 1. The molecule has 0 saturated heterocycles. The van der Waals surface area contributed by atoms with Crippen LogP contribution in [0.3, 0.4) is 0 Å². The number of hydrogen-bond acceptors (Lipinski definition) is 6. The Balaban J connectivity index is 1.67. The van der Waals surface area contributed by atoms with Gasteiger partial charge in [-0.15, -0.1) is 0 Å². The van der Waals surface area contributed by atoms with Gasteiger partial charge in [0.2, 0.25) is 5.91 Å². The molecule has 0 fully saturated rings. The first-order valence-corrected chi connectivity index (χ1v) is 11.2. The van der Waals surface area contributed by atoms with Crippen molar-refractivity contribution in [2.24, 2.45) is 5.10 Å². The molecule has 2 aromatic carbocycles. The van der Waals surface area contributed by atoms with Crippen molar-refractivity contribution < 1.29 is 24.2 Å². The summed E-state index contributed by atoms with van der Waals surface area (Å²) >= 11 is 0. The predicted molar refractivity (Wildman–Crippen MR) is 132 cm³/mol. The Labute approximate surface area is 201 Å². The zero-order chi connectivity index (χ0) is 24.9. The lowest BCUT2D eigenvalue weighted by Gasteiger charge is -2.16. The summed E-state index contributed by atoms with van der Waals surface area (Å²) in [6.45, 7) is 1.34. The van der Waals surface area contributed by atoms with Gasteiger partial charge in [0.1, 0.15) is 11.8 Å². The lowest BCUT2D eigenvalue weighted by molar-refractivity contribution is -0.144. The highest BCUT2D eigenvalue weighted by Gasteiger charge is 2.26. The summed E-state index contributed by atoms with van der Waals surface area (Å²) in [5, 5.41) is 17.2. The monoisotopic (exact) mass is 474 g/mol. The quantitative estimate of drug-likeness (QED) is 0.294. The average Bonchev–Trinajstić information content (AvgIpc) is 3.37. The molecule has 2 heterocycles. The van der Waals surface area contributed by atoms with Crippen LogP contribution >= 0.6 is 0 Å². The smallest absolute Gasteiger partial charge is 0.328 e. The zero-order valence-corrected chi connectivity index (χ0v) is 19.4. The Kier molecular flexibility index (Phi) is 6.96. The van der Waals surface area contributed by atoms with Crippen molar-refractivity contribution in [1.29, 1.82) is 0 Å². The van der Waals surface area contributed by atoms with Gasteiger partial charge in [-0.2, -0.15) is 5.10 Å². The van der Waals surface area contributed by atoms with E-state index in [1.807, 2.05) is 36.4 Å². The van der Waals surface area contributed by atoms with Crippen molar-refractivity contribution in [2.75, 3.05) is 7.11 Å².